The monoisotopic (exact) mass is 433 g/mol. The van der Waals surface area contributed by atoms with E-state index in [0.717, 1.165) is 11.5 Å². The minimum Gasteiger partial charge on any atom is -0.381 e. The first-order valence-corrected chi connectivity index (χ1v) is 12.2. The first kappa shape index (κ1) is 23.7. The van der Waals surface area contributed by atoms with Gasteiger partial charge in [-0.2, -0.15) is 0 Å². The molecule has 1 aromatic heterocycles. The number of hydrogen-bond acceptors (Lipinski definition) is 6. The van der Waals surface area contributed by atoms with E-state index in [9.17, 15) is 9.36 Å². The quantitative estimate of drug-likeness (QED) is 0.261. The smallest absolute Gasteiger partial charge is 0.381 e. The Balaban J connectivity index is 1.68. The number of phosphoric acid groups is 1. The molecular formula is C19H32NO6PS. The number of thiophene rings is 1. The fraction of sp³-hybridized carbons (Fsp3) is 0.737. The molecule has 1 unspecified atom stereocenters. The van der Waals surface area contributed by atoms with Crippen molar-refractivity contribution in [2.24, 2.45) is 11.7 Å². The third kappa shape index (κ3) is 9.27. The molecule has 160 valence electrons. The molecule has 0 bridgehead atoms. The van der Waals surface area contributed by atoms with Crippen LogP contribution in [0.2, 0.25) is 0 Å². The average molecular weight is 434 g/mol. The number of Topliss-reactive ketones (excluding diaryl/α,β-unsaturated/α-hetero) is 1. The van der Waals surface area contributed by atoms with Gasteiger partial charge >= 0.3 is 7.82 Å². The summed E-state index contributed by atoms with van der Waals surface area (Å²) in [6, 6.07) is 3.73. The molecule has 4 N–H and O–H groups in total. The zero-order chi connectivity index (χ0) is 20.6. The lowest BCUT2D eigenvalue weighted by molar-refractivity contribution is 0.0728. The molecule has 0 saturated heterocycles. The van der Waals surface area contributed by atoms with Crippen molar-refractivity contribution in [2.75, 3.05) is 19.8 Å². The molecule has 0 spiro atoms. The average Bonchev–Trinajstić information content (AvgIpc) is 3.12. The molecule has 1 saturated carbocycles. The van der Waals surface area contributed by atoms with E-state index in [0.29, 0.717) is 36.7 Å². The molecule has 7 nitrogen and oxygen atoms in total. The van der Waals surface area contributed by atoms with E-state index in [-0.39, 0.29) is 12.4 Å². The second-order valence-corrected chi connectivity index (χ2v) is 10.3. The lowest BCUT2D eigenvalue weighted by atomic mass is 9.90. The van der Waals surface area contributed by atoms with Crippen molar-refractivity contribution in [1.29, 1.82) is 0 Å². The number of ketones is 1. The van der Waals surface area contributed by atoms with Crippen LogP contribution in [0.1, 0.15) is 66.4 Å². The summed E-state index contributed by atoms with van der Waals surface area (Å²) >= 11 is 1.44. The van der Waals surface area contributed by atoms with Crippen molar-refractivity contribution in [1.82, 2.24) is 0 Å². The van der Waals surface area contributed by atoms with Crippen molar-refractivity contribution >= 4 is 24.9 Å². The highest BCUT2D eigenvalue weighted by Crippen LogP contribution is 2.37. The Morgan fingerprint density at radius 2 is 2.04 bits per heavy atom. The van der Waals surface area contributed by atoms with E-state index in [1.54, 1.807) is 6.92 Å². The Hall–Kier alpha value is -0.600. The molecule has 0 amide bonds. The van der Waals surface area contributed by atoms with Gasteiger partial charge in [0, 0.05) is 23.4 Å². The standard InChI is InChI=1S/C19H32NO6PS/c1-19(20,14-26-27(22,23)24)11-9-16-7-8-18(28-16)17(21)10-12-25-13-15-5-3-2-4-6-15/h7-8,15H,2-6,9-14,20H2,1H3,(H2,22,23,24). The maximum absolute atomic E-state index is 12.3. The van der Waals surface area contributed by atoms with Crippen LogP contribution in [0.25, 0.3) is 0 Å². The zero-order valence-electron chi connectivity index (χ0n) is 16.5. The molecule has 1 heterocycles. The summed E-state index contributed by atoms with van der Waals surface area (Å²) in [5.74, 6) is 0.734. The second-order valence-electron chi connectivity index (χ2n) is 7.94. The second kappa shape index (κ2) is 11.0. The van der Waals surface area contributed by atoms with Crippen molar-refractivity contribution in [3.8, 4) is 0 Å². The van der Waals surface area contributed by atoms with E-state index in [1.165, 1.54) is 43.4 Å². The molecule has 0 radical (unpaired) electrons. The SMILES string of the molecule is CC(N)(CCc1ccc(C(=O)CCOCC2CCCCC2)s1)COP(=O)(O)O. The summed E-state index contributed by atoms with van der Waals surface area (Å²) in [6.45, 7) is 2.68. The van der Waals surface area contributed by atoms with Crippen LogP contribution in [0.5, 0.6) is 0 Å². The van der Waals surface area contributed by atoms with E-state index in [1.807, 2.05) is 12.1 Å². The number of carbonyl (C=O) groups excluding carboxylic acids is 1. The van der Waals surface area contributed by atoms with Gasteiger partial charge in [0.1, 0.15) is 0 Å². The maximum atomic E-state index is 12.3. The fourth-order valence-electron chi connectivity index (χ4n) is 3.27. The van der Waals surface area contributed by atoms with Gasteiger partial charge < -0.3 is 20.3 Å². The lowest BCUT2D eigenvalue weighted by Gasteiger charge is -2.24. The van der Waals surface area contributed by atoms with E-state index < -0.39 is 13.4 Å². The third-order valence-corrected chi connectivity index (χ3v) is 6.64. The summed E-state index contributed by atoms with van der Waals surface area (Å²) in [6.07, 6.45) is 7.88. The number of nitrogens with two attached hydrogens (primary N) is 1. The Kier molecular flexibility index (Phi) is 9.28. The maximum Gasteiger partial charge on any atom is 0.469 e. The van der Waals surface area contributed by atoms with Crippen molar-refractivity contribution in [3.63, 3.8) is 0 Å². The van der Waals surface area contributed by atoms with E-state index in [4.69, 9.17) is 20.3 Å². The topological polar surface area (TPSA) is 119 Å². The first-order chi connectivity index (χ1) is 13.1. The Bertz CT molecular complexity index is 665. The molecule has 1 fully saturated rings. The third-order valence-electron chi connectivity index (χ3n) is 4.99. The van der Waals surface area contributed by atoms with E-state index >= 15 is 0 Å². The van der Waals surface area contributed by atoms with Gasteiger partial charge in [0.05, 0.1) is 18.1 Å². The minimum atomic E-state index is -4.52. The Morgan fingerprint density at radius 3 is 2.71 bits per heavy atom. The predicted molar refractivity (Wildman–Crippen MR) is 110 cm³/mol. The molecule has 1 aromatic rings. The van der Waals surface area contributed by atoms with Crippen molar-refractivity contribution in [3.05, 3.63) is 21.9 Å². The zero-order valence-corrected chi connectivity index (χ0v) is 18.2. The molecule has 1 atom stereocenters. The van der Waals surface area contributed by atoms with Gasteiger partial charge in [0.15, 0.2) is 5.78 Å². The van der Waals surface area contributed by atoms with Crippen LogP contribution in [0, 0.1) is 5.92 Å². The van der Waals surface area contributed by atoms with Crippen LogP contribution in [-0.2, 0) is 20.2 Å². The van der Waals surface area contributed by atoms with Crippen molar-refractivity contribution < 1.29 is 28.4 Å². The van der Waals surface area contributed by atoms with Gasteiger partial charge in [-0.25, -0.2) is 4.57 Å². The number of phosphoric ester groups is 1. The van der Waals surface area contributed by atoms with Gasteiger partial charge in [-0.1, -0.05) is 19.3 Å². The number of hydrogen-bond donors (Lipinski definition) is 3. The summed E-state index contributed by atoms with van der Waals surface area (Å²) in [7, 11) is -4.52. The van der Waals surface area contributed by atoms with Gasteiger partial charge in [-0.3, -0.25) is 9.32 Å². The molecule has 9 heteroatoms. The number of aryl methyl sites for hydroxylation is 1. The Labute approximate surface area is 170 Å². The summed E-state index contributed by atoms with van der Waals surface area (Å²) in [4.78, 5) is 31.6. The summed E-state index contributed by atoms with van der Waals surface area (Å²) in [5, 5.41) is 0. The van der Waals surface area contributed by atoms with Crippen molar-refractivity contribution in [2.45, 2.75) is 63.8 Å². The van der Waals surface area contributed by atoms with Crippen LogP contribution in [0.15, 0.2) is 12.1 Å². The first-order valence-electron chi connectivity index (χ1n) is 9.83. The number of ether oxygens (including phenoxy) is 1. The lowest BCUT2D eigenvalue weighted by Crippen LogP contribution is -2.41. The molecule has 0 aliphatic heterocycles. The molecule has 28 heavy (non-hydrogen) atoms. The normalized spacial score (nSPS) is 18.1. The fourth-order valence-corrected chi connectivity index (χ4v) is 4.70. The minimum absolute atomic E-state index is 0.0836. The van der Waals surface area contributed by atoms with Crippen LogP contribution in [0.4, 0.5) is 0 Å². The molecule has 1 aliphatic rings. The van der Waals surface area contributed by atoms with Gasteiger partial charge in [-0.05, 0) is 50.7 Å². The van der Waals surface area contributed by atoms with Gasteiger partial charge in [0.2, 0.25) is 0 Å². The number of carbonyl (C=O) groups is 1. The highest BCUT2D eigenvalue weighted by atomic mass is 32.1. The molecule has 1 aliphatic carbocycles. The van der Waals surface area contributed by atoms with E-state index in [2.05, 4.69) is 4.52 Å². The highest BCUT2D eigenvalue weighted by molar-refractivity contribution is 7.46. The highest BCUT2D eigenvalue weighted by Gasteiger charge is 2.25. The Morgan fingerprint density at radius 1 is 1.32 bits per heavy atom. The molecule has 2 rings (SSSR count). The number of rotatable bonds is 12. The summed E-state index contributed by atoms with van der Waals surface area (Å²) < 4.78 is 21.0. The predicted octanol–water partition coefficient (Wildman–Crippen LogP) is 3.68. The largest absolute Gasteiger partial charge is 0.469 e. The van der Waals surface area contributed by atoms with Gasteiger partial charge in [-0.15, -0.1) is 11.3 Å². The van der Waals surface area contributed by atoms with Crippen LogP contribution in [0.3, 0.4) is 0 Å². The van der Waals surface area contributed by atoms with Crippen LogP contribution >= 0.6 is 19.2 Å². The van der Waals surface area contributed by atoms with Crippen LogP contribution < -0.4 is 5.73 Å². The summed E-state index contributed by atoms with van der Waals surface area (Å²) in [5.41, 5.74) is 5.17. The van der Waals surface area contributed by atoms with Gasteiger partial charge in [0.25, 0.3) is 0 Å². The molecule has 0 aromatic carbocycles. The molecular weight excluding hydrogens is 401 g/mol. The van der Waals surface area contributed by atoms with Crippen LogP contribution in [-0.4, -0.2) is 40.9 Å².